The average molecular weight is 210 g/mol. The zero-order chi connectivity index (χ0) is 11.4. The zero-order valence-corrected chi connectivity index (χ0v) is 8.97. The van der Waals surface area contributed by atoms with Gasteiger partial charge in [0.15, 0.2) is 0 Å². The molecule has 1 heterocycles. The van der Waals surface area contributed by atoms with Crippen LogP contribution in [-0.2, 0) is 11.9 Å². The molecule has 0 aliphatic rings. The fraction of sp³-hybridized carbons (Fsp3) is 0.444. The highest BCUT2D eigenvalue weighted by Gasteiger charge is 2.10. The van der Waals surface area contributed by atoms with Gasteiger partial charge in [-0.1, -0.05) is 19.0 Å². The lowest BCUT2D eigenvalue weighted by Crippen LogP contribution is -2.19. The molecule has 0 unspecified atom stereocenters. The third kappa shape index (κ3) is 3.08. The van der Waals surface area contributed by atoms with Gasteiger partial charge in [-0.15, -0.1) is 0 Å². The molecule has 0 radical (unpaired) electrons. The lowest BCUT2D eigenvalue weighted by molar-refractivity contribution is 0.0513. The standard InChI is InChI=1S/C9H14N4O2/c1-6(2)8(10)12-15-9(14)7-4-11-13(3)5-7/h4-6H,1-3H3,(H2,10,12). The smallest absolute Gasteiger partial charge is 0.368 e. The normalized spacial score (nSPS) is 11.9. The number of carbonyl (C=O) groups excluding carboxylic acids is 1. The van der Waals surface area contributed by atoms with Crippen LogP contribution in [0.2, 0.25) is 0 Å². The Bertz CT molecular complexity index is 381. The number of aryl methyl sites for hydroxylation is 1. The van der Waals surface area contributed by atoms with Crippen molar-refractivity contribution in [3.8, 4) is 0 Å². The topological polar surface area (TPSA) is 82.5 Å². The van der Waals surface area contributed by atoms with Gasteiger partial charge in [-0.25, -0.2) is 4.79 Å². The Morgan fingerprint density at radius 3 is 2.80 bits per heavy atom. The van der Waals surface area contributed by atoms with E-state index in [-0.39, 0.29) is 11.8 Å². The van der Waals surface area contributed by atoms with E-state index < -0.39 is 5.97 Å². The lowest BCUT2D eigenvalue weighted by atomic mass is 10.2. The number of nitrogens with zero attached hydrogens (tertiary/aromatic N) is 3. The van der Waals surface area contributed by atoms with Crippen molar-refractivity contribution < 1.29 is 9.63 Å². The molecule has 0 amide bonds. The van der Waals surface area contributed by atoms with Gasteiger partial charge in [0, 0.05) is 19.2 Å². The molecule has 0 spiro atoms. The highest BCUT2D eigenvalue weighted by molar-refractivity contribution is 5.90. The first kappa shape index (κ1) is 11.2. The third-order valence-electron chi connectivity index (χ3n) is 1.77. The molecular formula is C9H14N4O2. The molecule has 6 nitrogen and oxygen atoms in total. The summed E-state index contributed by atoms with van der Waals surface area (Å²) < 4.78 is 1.51. The third-order valence-corrected chi connectivity index (χ3v) is 1.77. The molecule has 0 fully saturated rings. The van der Waals surface area contributed by atoms with Crippen LogP contribution in [0, 0.1) is 5.92 Å². The largest absolute Gasteiger partial charge is 0.384 e. The molecule has 0 aliphatic heterocycles. The van der Waals surface area contributed by atoms with E-state index in [0.29, 0.717) is 5.56 Å². The van der Waals surface area contributed by atoms with Crippen molar-refractivity contribution >= 4 is 11.8 Å². The number of oxime groups is 1. The van der Waals surface area contributed by atoms with E-state index in [4.69, 9.17) is 5.73 Å². The van der Waals surface area contributed by atoms with Crippen LogP contribution in [0.25, 0.3) is 0 Å². The van der Waals surface area contributed by atoms with Crippen LogP contribution in [0.1, 0.15) is 24.2 Å². The Morgan fingerprint density at radius 1 is 1.67 bits per heavy atom. The van der Waals surface area contributed by atoms with Crippen LogP contribution < -0.4 is 5.73 Å². The molecule has 1 aromatic heterocycles. The number of carbonyl (C=O) groups is 1. The molecular weight excluding hydrogens is 196 g/mol. The van der Waals surface area contributed by atoms with Crippen LogP contribution in [0.3, 0.4) is 0 Å². The minimum atomic E-state index is -0.563. The Kier molecular flexibility index (Phi) is 3.43. The molecule has 6 heteroatoms. The van der Waals surface area contributed by atoms with Crippen molar-refractivity contribution in [1.29, 1.82) is 0 Å². The molecule has 0 aliphatic carbocycles. The summed E-state index contributed by atoms with van der Waals surface area (Å²) >= 11 is 0. The van der Waals surface area contributed by atoms with Gasteiger partial charge < -0.3 is 10.6 Å². The van der Waals surface area contributed by atoms with E-state index in [1.807, 2.05) is 13.8 Å². The van der Waals surface area contributed by atoms with Crippen molar-refractivity contribution in [2.45, 2.75) is 13.8 Å². The highest BCUT2D eigenvalue weighted by Crippen LogP contribution is 2.00. The Labute approximate surface area is 87.7 Å². The molecule has 82 valence electrons. The van der Waals surface area contributed by atoms with E-state index in [1.165, 1.54) is 10.9 Å². The summed E-state index contributed by atoms with van der Waals surface area (Å²) in [7, 11) is 1.71. The molecule has 15 heavy (non-hydrogen) atoms. The number of aromatic nitrogens is 2. The van der Waals surface area contributed by atoms with Crippen LogP contribution in [-0.4, -0.2) is 21.6 Å². The first-order valence-corrected chi connectivity index (χ1v) is 4.54. The maximum absolute atomic E-state index is 11.3. The molecule has 0 aromatic carbocycles. The quantitative estimate of drug-likeness (QED) is 0.341. The summed E-state index contributed by atoms with van der Waals surface area (Å²) in [5.74, 6) is -0.231. The fourth-order valence-electron chi connectivity index (χ4n) is 0.779. The fourth-order valence-corrected chi connectivity index (χ4v) is 0.779. The lowest BCUT2D eigenvalue weighted by Gasteiger charge is -2.01. The van der Waals surface area contributed by atoms with E-state index in [0.717, 1.165) is 0 Å². The summed E-state index contributed by atoms with van der Waals surface area (Å²) in [6, 6.07) is 0. The Balaban J connectivity index is 2.61. The van der Waals surface area contributed by atoms with E-state index in [2.05, 4.69) is 15.1 Å². The van der Waals surface area contributed by atoms with Crippen molar-refractivity contribution in [1.82, 2.24) is 9.78 Å². The van der Waals surface area contributed by atoms with Gasteiger partial charge in [-0.05, 0) is 0 Å². The maximum atomic E-state index is 11.3. The summed E-state index contributed by atoms with van der Waals surface area (Å²) in [5, 5.41) is 7.35. The molecule has 1 aromatic rings. The molecule has 0 atom stereocenters. The second-order valence-corrected chi connectivity index (χ2v) is 3.45. The van der Waals surface area contributed by atoms with Gasteiger partial charge >= 0.3 is 5.97 Å². The van der Waals surface area contributed by atoms with Crippen molar-refractivity contribution in [2.75, 3.05) is 0 Å². The predicted octanol–water partition coefficient (Wildman–Crippen LogP) is 0.505. The Hall–Kier alpha value is -1.85. The zero-order valence-electron chi connectivity index (χ0n) is 8.97. The number of amidine groups is 1. The molecule has 0 saturated heterocycles. The van der Waals surface area contributed by atoms with Crippen molar-refractivity contribution in [2.24, 2.45) is 23.9 Å². The number of nitrogens with two attached hydrogens (primary N) is 1. The number of hydrogen-bond donors (Lipinski definition) is 1. The van der Waals surface area contributed by atoms with E-state index in [1.54, 1.807) is 13.2 Å². The first-order chi connectivity index (χ1) is 7.00. The number of hydrogen-bond acceptors (Lipinski definition) is 4. The molecule has 1 rings (SSSR count). The van der Waals surface area contributed by atoms with Crippen molar-refractivity contribution in [3.05, 3.63) is 18.0 Å². The van der Waals surface area contributed by atoms with E-state index in [9.17, 15) is 4.79 Å². The summed E-state index contributed by atoms with van der Waals surface area (Å²) in [5.41, 5.74) is 5.85. The van der Waals surface area contributed by atoms with Gasteiger partial charge in [0.1, 0.15) is 5.84 Å². The average Bonchev–Trinajstić information content (AvgIpc) is 2.60. The van der Waals surface area contributed by atoms with Gasteiger partial charge in [-0.2, -0.15) is 5.10 Å². The van der Waals surface area contributed by atoms with Crippen LogP contribution in [0.4, 0.5) is 0 Å². The highest BCUT2D eigenvalue weighted by atomic mass is 16.7. The molecule has 2 N–H and O–H groups in total. The van der Waals surface area contributed by atoms with Gasteiger partial charge in [0.2, 0.25) is 0 Å². The second-order valence-electron chi connectivity index (χ2n) is 3.45. The SMILES string of the molecule is CC(C)/C(N)=N\OC(=O)c1cnn(C)c1. The first-order valence-electron chi connectivity index (χ1n) is 4.54. The number of rotatable bonds is 3. The molecule has 0 saturated carbocycles. The van der Waals surface area contributed by atoms with Gasteiger partial charge in [0.05, 0.1) is 11.8 Å². The minimum Gasteiger partial charge on any atom is -0.384 e. The van der Waals surface area contributed by atoms with Crippen molar-refractivity contribution in [3.63, 3.8) is 0 Å². The summed E-state index contributed by atoms with van der Waals surface area (Å²) in [6.07, 6.45) is 2.95. The van der Waals surface area contributed by atoms with Crippen LogP contribution in [0.15, 0.2) is 17.5 Å². The van der Waals surface area contributed by atoms with E-state index >= 15 is 0 Å². The Morgan fingerprint density at radius 2 is 2.33 bits per heavy atom. The maximum Gasteiger partial charge on any atom is 0.368 e. The van der Waals surface area contributed by atoms with Crippen LogP contribution in [0.5, 0.6) is 0 Å². The predicted molar refractivity (Wildman–Crippen MR) is 55.1 cm³/mol. The second kappa shape index (κ2) is 4.59. The van der Waals surface area contributed by atoms with Gasteiger partial charge in [0.25, 0.3) is 0 Å². The summed E-state index contributed by atoms with van der Waals surface area (Å²) in [6.45, 7) is 3.72. The molecule has 0 bridgehead atoms. The van der Waals surface area contributed by atoms with Gasteiger partial charge in [-0.3, -0.25) is 4.68 Å². The minimum absolute atomic E-state index is 0.0479. The monoisotopic (exact) mass is 210 g/mol. The van der Waals surface area contributed by atoms with Crippen LogP contribution >= 0.6 is 0 Å². The summed E-state index contributed by atoms with van der Waals surface area (Å²) in [4.78, 5) is 16.0.